The Balaban J connectivity index is 0.00000210. The van der Waals surface area contributed by atoms with Crippen molar-refractivity contribution in [2.45, 2.75) is 50.2 Å². The molecule has 1 aromatic heterocycles. The summed E-state index contributed by atoms with van der Waals surface area (Å²) in [6.07, 6.45) is 6.22. The average molecular weight is 459 g/mol. The van der Waals surface area contributed by atoms with Crippen molar-refractivity contribution in [1.82, 2.24) is 5.32 Å². The summed E-state index contributed by atoms with van der Waals surface area (Å²) in [5.74, 6) is 0.323. The van der Waals surface area contributed by atoms with Crippen molar-refractivity contribution >= 4 is 17.2 Å². The molecule has 4 aliphatic rings. The van der Waals surface area contributed by atoms with Crippen molar-refractivity contribution in [3.63, 3.8) is 0 Å². The van der Waals surface area contributed by atoms with Crippen molar-refractivity contribution < 1.29 is 36.5 Å². The van der Waals surface area contributed by atoms with E-state index in [1.54, 1.807) is 0 Å². The van der Waals surface area contributed by atoms with E-state index in [9.17, 15) is 15.0 Å². The van der Waals surface area contributed by atoms with Crippen molar-refractivity contribution in [2.24, 2.45) is 11.8 Å². The molecule has 1 aromatic rings. The van der Waals surface area contributed by atoms with Gasteiger partial charge in [0.1, 0.15) is 6.54 Å². The Hall–Kier alpha value is -0.470. The summed E-state index contributed by atoms with van der Waals surface area (Å²) in [5.41, 5.74) is -1.39. The van der Waals surface area contributed by atoms with E-state index in [2.05, 4.69) is 5.32 Å². The molecule has 2 bridgehead atoms. The zero-order valence-electron chi connectivity index (χ0n) is 15.8. The molecular formula is C20H31BrN2O3S. The number of thiophene rings is 1. The number of halogens is 1. The molecule has 3 aliphatic heterocycles. The number of hydrogen-bond acceptors (Lipinski definition) is 4. The molecule has 1 saturated carbocycles. The smallest absolute Gasteiger partial charge is 0.258 e. The number of quaternary nitrogens is 1. The number of amides is 1. The third kappa shape index (κ3) is 3.86. The Morgan fingerprint density at radius 1 is 1.26 bits per heavy atom. The van der Waals surface area contributed by atoms with E-state index in [0.717, 1.165) is 74.1 Å². The van der Waals surface area contributed by atoms with Gasteiger partial charge in [-0.3, -0.25) is 4.79 Å². The molecule has 0 radical (unpaired) electrons. The maximum Gasteiger partial charge on any atom is 0.258 e. The second-order valence-corrected chi connectivity index (χ2v) is 9.51. The highest BCUT2D eigenvalue weighted by Gasteiger charge is 2.51. The van der Waals surface area contributed by atoms with E-state index in [0.29, 0.717) is 5.92 Å². The van der Waals surface area contributed by atoms with Crippen LogP contribution in [-0.2, 0) is 10.4 Å². The molecule has 5 nitrogen and oxygen atoms in total. The molecule has 4 heterocycles. The standard InChI is InChI=1S/C20H30N2O3S.BrH/c23-12-11-22-9-7-15(8-10-22)17(14-22)21-19(24)20(25,16-4-1-2-5-16)18-6-3-13-26-18;/h3,6,13,15-17,23,25H,1-2,4-5,7-12,14H2;1H/t15?,17-,20+,22?;/m0./s1. The van der Waals surface area contributed by atoms with Crippen LogP contribution in [-0.4, -0.2) is 59.4 Å². The number of hydrogen-bond donors (Lipinski definition) is 3. The fourth-order valence-corrected chi connectivity index (χ4v) is 6.49. The van der Waals surface area contributed by atoms with E-state index in [1.807, 2.05) is 17.5 Å². The summed E-state index contributed by atoms with van der Waals surface area (Å²) in [7, 11) is 0. The van der Waals surface area contributed by atoms with Gasteiger partial charge in [-0.25, -0.2) is 0 Å². The van der Waals surface area contributed by atoms with Crippen LogP contribution in [0, 0.1) is 11.8 Å². The highest BCUT2D eigenvalue weighted by atomic mass is 79.9. The predicted molar refractivity (Wildman–Crippen MR) is 102 cm³/mol. The quantitative estimate of drug-likeness (QED) is 0.471. The molecule has 3 saturated heterocycles. The molecule has 3 N–H and O–H groups in total. The molecule has 0 aromatic carbocycles. The molecule has 152 valence electrons. The van der Waals surface area contributed by atoms with Gasteiger partial charge in [-0.05, 0) is 30.2 Å². The van der Waals surface area contributed by atoms with E-state index >= 15 is 0 Å². The Kier molecular flexibility index (Phi) is 6.68. The largest absolute Gasteiger partial charge is 1.00 e. The first-order valence-corrected chi connectivity index (χ1v) is 11.0. The summed E-state index contributed by atoms with van der Waals surface area (Å²) >= 11 is 1.48. The van der Waals surface area contributed by atoms with E-state index in [4.69, 9.17) is 0 Å². The fourth-order valence-electron chi connectivity index (χ4n) is 5.59. The average Bonchev–Trinajstić information content (AvgIpc) is 3.36. The van der Waals surface area contributed by atoms with Gasteiger partial charge >= 0.3 is 0 Å². The first-order valence-electron chi connectivity index (χ1n) is 10.1. The molecule has 1 aliphatic carbocycles. The third-order valence-electron chi connectivity index (χ3n) is 7.18. The summed E-state index contributed by atoms with van der Waals surface area (Å²) < 4.78 is 0.915. The van der Waals surface area contributed by atoms with Gasteiger partial charge in [0, 0.05) is 23.6 Å². The van der Waals surface area contributed by atoms with Crippen molar-refractivity contribution in [3.8, 4) is 0 Å². The van der Waals surface area contributed by atoms with Crippen LogP contribution in [0.3, 0.4) is 0 Å². The van der Waals surface area contributed by atoms with Gasteiger partial charge in [0.15, 0.2) is 5.60 Å². The van der Waals surface area contributed by atoms with Gasteiger partial charge < -0.3 is 37.0 Å². The van der Waals surface area contributed by atoms with Crippen LogP contribution in [0.5, 0.6) is 0 Å². The first kappa shape index (κ1) is 21.2. The lowest BCUT2D eigenvalue weighted by molar-refractivity contribution is -0.944. The third-order valence-corrected chi connectivity index (χ3v) is 8.18. The summed E-state index contributed by atoms with van der Waals surface area (Å²) in [4.78, 5) is 14.1. The van der Waals surface area contributed by atoms with Gasteiger partial charge in [0.2, 0.25) is 0 Å². The van der Waals surface area contributed by atoms with Gasteiger partial charge in [0.25, 0.3) is 5.91 Å². The topological polar surface area (TPSA) is 69.6 Å². The van der Waals surface area contributed by atoms with Crippen LogP contribution in [0.1, 0.15) is 43.4 Å². The van der Waals surface area contributed by atoms with E-state index < -0.39 is 5.60 Å². The van der Waals surface area contributed by atoms with Crippen LogP contribution in [0.25, 0.3) is 0 Å². The molecule has 4 fully saturated rings. The summed E-state index contributed by atoms with van der Waals surface area (Å²) in [6, 6.07) is 3.94. The Labute approximate surface area is 176 Å². The number of carbonyl (C=O) groups excluding carboxylic acids is 1. The first-order chi connectivity index (χ1) is 12.6. The minimum atomic E-state index is -1.39. The predicted octanol–water partition coefficient (Wildman–Crippen LogP) is -1.15. The highest BCUT2D eigenvalue weighted by molar-refractivity contribution is 7.10. The van der Waals surface area contributed by atoms with Crippen LogP contribution in [0.2, 0.25) is 0 Å². The van der Waals surface area contributed by atoms with E-state index in [1.165, 1.54) is 11.3 Å². The summed E-state index contributed by atoms with van der Waals surface area (Å²) in [5, 5.41) is 26.2. The minimum absolute atomic E-state index is 0. The van der Waals surface area contributed by atoms with Crippen molar-refractivity contribution in [1.29, 1.82) is 0 Å². The molecule has 5 rings (SSSR count). The van der Waals surface area contributed by atoms with Crippen LogP contribution < -0.4 is 22.3 Å². The van der Waals surface area contributed by atoms with Crippen LogP contribution in [0.4, 0.5) is 0 Å². The lowest BCUT2D eigenvalue weighted by atomic mass is 9.79. The van der Waals surface area contributed by atoms with Gasteiger partial charge in [-0.15, -0.1) is 11.3 Å². The zero-order chi connectivity index (χ0) is 18.2. The molecule has 7 heteroatoms. The maximum atomic E-state index is 13.3. The number of rotatable bonds is 6. The summed E-state index contributed by atoms with van der Waals surface area (Å²) in [6.45, 7) is 4.08. The molecule has 0 spiro atoms. The molecule has 27 heavy (non-hydrogen) atoms. The lowest BCUT2D eigenvalue weighted by Crippen LogP contribution is -3.00. The Bertz CT molecular complexity index is 622. The number of aliphatic hydroxyl groups excluding tert-OH is 1. The van der Waals surface area contributed by atoms with Crippen LogP contribution in [0.15, 0.2) is 17.5 Å². The van der Waals surface area contributed by atoms with Crippen molar-refractivity contribution in [2.75, 3.05) is 32.8 Å². The van der Waals surface area contributed by atoms with Gasteiger partial charge in [0.05, 0.1) is 32.3 Å². The Morgan fingerprint density at radius 3 is 2.56 bits per heavy atom. The number of aliphatic hydroxyl groups is 2. The number of carbonyl (C=O) groups is 1. The maximum absolute atomic E-state index is 13.3. The molecule has 1 amide bonds. The molecule has 2 atom stereocenters. The highest BCUT2D eigenvalue weighted by Crippen LogP contribution is 2.43. The second-order valence-electron chi connectivity index (χ2n) is 8.56. The monoisotopic (exact) mass is 458 g/mol. The van der Waals surface area contributed by atoms with E-state index in [-0.39, 0.29) is 41.5 Å². The van der Waals surface area contributed by atoms with Crippen LogP contribution >= 0.6 is 11.3 Å². The minimum Gasteiger partial charge on any atom is -1.00 e. The Morgan fingerprint density at radius 2 is 1.96 bits per heavy atom. The second kappa shape index (κ2) is 8.49. The normalized spacial score (nSPS) is 32.7. The number of nitrogens with zero attached hydrogens (tertiary/aromatic N) is 1. The van der Waals surface area contributed by atoms with Crippen molar-refractivity contribution in [3.05, 3.63) is 22.4 Å². The number of fused-ring (bicyclic) bond motifs is 3. The number of nitrogens with one attached hydrogen (secondary N) is 1. The number of piperidine rings is 3. The van der Waals surface area contributed by atoms with Gasteiger partial charge in [-0.1, -0.05) is 18.9 Å². The lowest BCUT2D eigenvalue weighted by Gasteiger charge is -2.53. The SMILES string of the molecule is O=C(N[C@H]1C[N+]2(CCO)CCC1CC2)[C@](O)(c1cccs1)C1CCCC1.[Br-]. The van der Waals surface area contributed by atoms with Gasteiger partial charge in [-0.2, -0.15) is 0 Å². The molecular weight excluding hydrogens is 428 g/mol. The zero-order valence-corrected chi connectivity index (χ0v) is 18.2. The molecule has 0 unspecified atom stereocenters. The fraction of sp³-hybridized carbons (Fsp3) is 0.750.